The highest BCUT2D eigenvalue weighted by atomic mass is 35.5. The van der Waals surface area contributed by atoms with E-state index in [1.165, 1.54) is 6.20 Å². The number of nitrogens with zero attached hydrogens (tertiary/aromatic N) is 3. The maximum absolute atomic E-state index is 12.4. The fourth-order valence-corrected chi connectivity index (χ4v) is 2.52. The first-order valence-corrected chi connectivity index (χ1v) is 6.83. The van der Waals surface area contributed by atoms with E-state index in [-0.39, 0.29) is 22.5 Å². The molecule has 1 fully saturated rings. The fourth-order valence-electron chi connectivity index (χ4n) is 2.34. The second-order valence-electron chi connectivity index (χ2n) is 5.01. The monoisotopic (exact) mass is 283 g/mol. The van der Waals surface area contributed by atoms with Gasteiger partial charge in [-0.25, -0.2) is 9.97 Å². The molecule has 19 heavy (non-hydrogen) atoms. The number of aliphatic hydroxyl groups excluding tert-OH is 1. The lowest BCUT2D eigenvalue weighted by atomic mass is 9.93. The number of piperidine rings is 1. The molecule has 1 saturated heterocycles. The molecule has 2 unspecified atom stereocenters. The lowest BCUT2D eigenvalue weighted by molar-refractivity contribution is 0.0461. The van der Waals surface area contributed by atoms with Crippen LogP contribution in [0.2, 0.25) is 5.02 Å². The van der Waals surface area contributed by atoms with E-state index in [9.17, 15) is 9.90 Å². The molecule has 0 aromatic carbocycles. The molecule has 0 spiro atoms. The molecule has 2 heterocycles. The van der Waals surface area contributed by atoms with Gasteiger partial charge in [0.1, 0.15) is 5.82 Å². The summed E-state index contributed by atoms with van der Waals surface area (Å²) >= 11 is 5.99. The quantitative estimate of drug-likeness (QED) is 0.897. The van der Waals surface area contributed by atoms with Gasteiger partial charge in [0.15, 0.2) is 5.69 Å². The molecule has 1 aliphatic heterocycles. The molecule has 0 aliphatic carbocycles. The zero-order chi connectivity index (χ0) is 14.0. The summed E-state index contributed by atoms with van der Waals surface area (Å²) in [5.74, 6) is 0.470. The summed E-state index contributed by atoms with van der Waals surface area (Å²) in [6.45, 7) is 4.72. The van der Waals surface area contributed by atoms with Gasteiger partial charge in [0.2, 0.25) is 0 Å². The van der Waals surface area contributed by atoms with Crippen molar-refractivity contribution in [1.82, 2.24) is 14.9 Å². The van der Waals surface area contributed by atoms with Gasteiger partial charge in [0, 0.05) is 19.0 Å². The van der Waals surface area contributed by atoms with E-state index >= 15 is 0 Å². The highest BCUT2D eigenvalue weighted by molar-refractivity contribution is 6.33. The van der Waals surface area contributed by atoms with Crippen LogP contribution in [-0.4, -0.2) is 45.1 Å². The molecule has 1 aliphatic rings. The second kappa shape index (κ2) is 5.84. The number of amides is 1. The van der Waals surface area contributed by atoms with Gasteiger partial charge in [0.05, 0.1) is 17.3 Å². The van der Waals surface area contributed by atoms with Crippen LogP contribution in [0.4, 0.5) is 0 Å². The maximum Gasteiger partial charge on any atom is 0.274 e. The van der Waals surface area contributed by atoms with Gasteiger partial charge in [-0.1, -0.05) is 11.6 Å². The number of carbonyl (C=O) groups is 1. The number of hydrogen-bond acceptors (Lipinski definition) is 4. The SMILES string of the molecule is Cc1ncc(Cl)c(C(=O)N2CCCC(C(C)O)C2)n1. The van der Waals surface area contributed by atoms with Gasteiger partial charge in [0.25, 0.3) is 5.91 Å². The molecule has 0 saturated carbocycles. The molecule has 2 rings (SSSR count). The first kappa shape index (κ1) is 14.2. The Morgan fingerprint density at radius 2 is 2.37 bits per heavy atom. The smallest absolute Gasteiger partial charge is 0.274 e. The summed E-state index contributed by atoms with van der Waals surface area (Å²) in [4.78, 5) is 22.2. The molecule has 1 amide bonds. The Kier molecular flexibility index (Phi) is 4.37. The molecule has 1 N–H and O–H groups in total. The number of aryl methyl sites for hydroxylation is 1. The van der Waals surface area contributed by atoms with Crippen LogP contribution in [0.1, 0.15) is 36.1 Å². The largest absolute Gasteiger partial charge is 0.393 e. The summed E-state index contributed by atoms with van der Waals surface area (Å²) in [7, 11) is 0. The van der Waals surface area contributed by atoms with Crippen LogP contribution in [-0.2, 0) is 0 Å². The normalized spacial score (nSPS) is 21.3. The van der Waals surface area contributed by atoms with Crippen LogP contribution in [0.15, 0.2) is 6.20 Å². The Balaban J connectivity index is 2.17. The first-order chi connectivity index (χ1) is 8.99. The number of halogens is 1. The van der Waals surface area contributed by atoms with Gasteiger partial charge < -0.3 is 10.0 Å². The van der Waals surface area contributed by atoms with Crippen molar-refractivity contribution in [2.45, 2.75) is 32.8 Å². The van der Waals surface area contributed by atoms with Crippen LogP contribution in [0.3, 0.4) is 0 Å². The third-order valence-corrected chi connectivity index (χ3v) is 3.77. The number of hydrogen-bond donors (Lipinski definition) is 1. The van der Waals surface area contributed by atoms with Crippen LogP contribution in [0, 0.1) is 12.8 Å². The third kappa shape index (κ3) is 3.22. The van der Waals surface area contributed by atoms with E-state index in [0.29, 0.717) is 18.9 Å². The van der Waals surface area contributed by atoms with Crippen LogP contribution in [0.5, 0.6) is 0 Å². The van der Waals surface area contributed by atoms with Crippen molar-refractivity contribution in [3.63, 3.8) is 0 Å². The van der Waals surface area contributed by atoms with E-state index < -0.39 is 6.10 Å². The van der Waals surface area contributed by atoms with Crippen molar-refractivity contribution in [3.8, 4) is 0 Å². The van der Waals surface area contributed by atoms with Crippen LogP contribution >= 0.6 is 11.6 Å². The number of carbonyl (C=O) groups excluding carboxylic acids is 1. The van der Waals surface area contributed by atoms with Crippen molar-refractivity contribution in [3.05, 3.63) is 22.7 Å². The summed E-state index contributed by atoms with van der Waals surface area (Å²) < 4.78 is 0. The lowest BCUT2D eigenvalue weighted by Gasteiger charge is -2.34. The zero-order valence-electron chi connectivity index (χ0n) is 11.1. The van der Waals surface area contributed by atoms with Crippen molar-refractivity contribution >= 4 is 17.5 Å². The minimum absolute atomic E-state index is 0.124. The molecule has 1 aromatic heterocycles. The third-order valence-electron chi connectivity index (χ3n) is 3.49. The molecule has 104 valence electrons. The fraction of sp³-hybridized carbons (Fsp3) is 0.615. The molecule has 0 bridgehead atoms. The van der Waals surface area contributed by atoms with E-state index in [1.54, 1.807) is 18.7 Å². The predicted molar refractivity (Wildman–Crippen MR) is 72.1 cm³/mol. The first-order valence-electron chi connectivity index (χ1n) is 6.45. The predicted octanol–water partition coefficient (Wildman–Crippen LogP) is 1.67. The summed E-state index contributed by atoms with van der Waals surface area (Å²) in [5.41, 5.74) is 0.250. The average molecular weight is 284 g/mol. The Morgan fingerprint density at radius 3 is 3.05 bits per heavy atom. The Labute approximate surface area is 117 Å². The zero-order valence-corrected chi connectivity index (χ0v) is 11.9. The van der Waals surface area contributed by atoms with Gasteiger partial charge >= 0.3 is 0 Å². The molecular weight excluding hydrogens is 266 g/mol. The Hall–Kier alpha value is -1.20. The molecular formula is C13H18ClN3O2. The van der Waals surface area contributed by atoms with E-state index in [1.807, 2.05) is 0 Å². The van der Waals surface area contributed by atoms with Crippen molar-refractivity contribution < 1.29 is 9.90 Å². The highest BCUT2D eigenvalue weighted by Crippen LogP contribution is 2.22. The molecule has 0 radical (unpaired) electrons. The van der Waals surface area contributed by atoms with Gasteiger partial charge in [-0.05, 0) is 26.7 Å². The minimum atomic E-state index is -0.404. The molecule has 1 aromatic rings. The number of aliphatic hydroxyl groups is 1. The van der Waals surface area contributed by atoms with Crippen LogP contribution < -0.4 is 0 Å². The maximum atomic E-state index is 12.4. The van der Waals surface area contributed by atoms with E-state index in [2.05, 4.69) is 9.97 Å². The second-order valence-corrected chi connectivity index (χ2v) is 5.42. The van der Waals surface area contributed by atoms with Crippen molar-refractivity contribution in [2.24, 2.45) is 5.92 Å². The average Bonchev–Trinajstić information content (AvgIpc) is 2.41. The summed E-state index contributed by atoms with van der Waals surface area (Å²) in [6, 6.07) is 0. The van der Waals surface area contributed by atoms with Gasteiger partial charge in [-0.15, -0.1) is 0 Å². The lowest BCUT2D eigenvalue weighted by Crippen LogP contribution is -2.43. The number of aromatic nitrogens is 2. The summed E-state index contributed by atoms with van der Waals surface area (Å²) in [5, 5.41) is 9.93. The molecule has 2 atom stereocenters. The van der Waals surface area contributed by atoms with Crippen molar-refractivity contribution in [2.75, 3.05) is 13.1 Å². The Morgan fingerprint density at radius 1 is 1.63 bits per heavy atom. The minimum Gasteiger partial charge on any atom is -0.393 e. The number of likely N-dealkylation sites (tertiary alicyclic amines) is 1. The molecule has 6 heteroatoms. The summed E-state index contributed by atoms with van der Waals surface area (Å²) in [6.07, 6.45) is 2.88. The van der Waals surface area contributed by atoms with Gasteiger partial charge in [-0.2, -0.15) is 0 Å². The van der Waals surface area contributed by atoms with E-state index in [4.69, 9.17) is 11.6 Å². The van der Waals surface area contributed by atoms with Crippen molar-refractivity contribution in [1.29, 1.82) is 0 Å². The Bertz CT molecular complexity index is 479. The topological polar surface area (TPSA) is 66.3 Å². The van der Waals surface area contributed by atoms with Crippen LogP contribution in [0.25, 0.3) is 0 Å². The highest BCUT2D eigenvalue weighted by Gasteiger charge is 2.28. The standard InChI is InChI=1S/C13H18ClN3O2/c1-8(18)10-4-3-5-17(7-10)13(19)12-11(14)6-15-9(2)16-12/h6,8,10,18H,3-5,7H2,1-2H3. The van der Waals surface area contributed by atoms with Gasteiger partial charge in [-0.3, -0.25) is 4.79 Å². The van der Waals surface area contributed by atoms with E-state index in [0.717, 1.165) is 12.8 Å². The number of rotatable bonds is 2. The molecule has 5 nitrogen and oxygen atoms in total.